The Hall–Kier alpha value is -2.90. The fourth-order valence-corrected chi connectivity index (χ4v) is 2.80. The highest BCUT2D eigenvalue weighted by molar-refractivity contribution is 5.46. The van der Waals surface area contributed by atoms with Gasteiger partial charge in [-0.2, -0.15) is 9.37 Å². The van der Waals surface area contributed by atoms with Gasteiger partial charge in [0.15, 0.2) is 17.5 Å². The van der Waals surface area contributed by atoms with Crippen molar-refractivity contribution in [3.05, 3.63) is 80.9 Å². The van der Waals surface area contributed by atoms with E-state index in [1.54, 1.807) is 0 Å². The average Bonchev–Trinajstić information content (AvgIpc) is 2.60. The third kappa shape index (κ3) is 4.10. The molecule has 142 valence electrons. The van der Waals surface area contributed by atoms with E-state index in [0.717, 1.165) is 30.3 Å². The largest absolute Gasteiger partial charge is 0.326 e. The van der Waals surface area contributed by atoms with Crippen LogP contribution in [0.4, 0.5) is 23.5 Å². The number of nitrogens with zero attached hydrogens (tertiary/aromatic N) is 2. The lowest BCUT2D eigenvalue weighted by Crippen LogP contribution is -2.22. The Morgan fingerprint density at radius 3 is 2.52 bits per heavy atom. The number of nitrogens with one attached hydrogen (secondary N) is 1. The van der Waals surface area contributed by atoms with Crippen molar-refractivity contribution in [2.45, 2.75) is 26.8 Å². The minimum atomic E-state index is -1.58. The zero-order valence-electron chi connectivity index (χ0n) is 14.7. The van der Waals surface area contributed by atoms with Gasteiger partial charge in [0, 0.05) is 11.9 Å². The Labute approximate surface area is 152 Å². The number of hydrogen-bond acceptors (Lipinski definition) is 3. The van der Waals surface area contributed by atoms with Crippen molar-refractivity contribution in [1.29, 1.82) is 0 Å². The van der Waals surface area contributed by atoms with Gasteiger partial charge in [0.25, 0.3) is 0 Å². The summed E-state index contributed by atoms with van der Waals surface area (Å²) < 4.78 is 55.0. The number of anilines is 1. The summed E-state index contributed by atoms with van der Waals surface area (Å²) in [5, 5.41) is 2.97. The van der Waals surface area contributed by atoms with Crippen LogP contribution in [0.2, 0.25) is 0 Å². The van der Waals surface area contributed by atoms with E-state index in [4.69, 9.17) is 0 Å². The average molecular weight is 379 g/mol. The molecule has 0 saturated carbocycles. The highest BCUT2D eigenvalue weighted by atomic mass is 19.2. The molecule has 1 unspecified atom stereocenters. The first-order chi connectivity index (χ1) is 12.7. The van der Waals surface area contributed by atoms with Gasteiger partial charge in [-0.1, -0.05) is 19.1 Å². The summed E-state index contributed by atoms with van der Waals surface area (Å²) in [5.74, 6) is -5.12. The molecule has 0 spiro atoms. The van der Waals surface area contributed by atoms with Gasteiger partial charge in [0.1, 0.15) is 0 Å². The fraction of sp³-hybridized carbons (Fsp3) is 0.263. The van der Waals surface area contributed by atoms with E-state index in [-0.39, 0.29) is 24.0 Å². The van der Waals surface area contributed by atoms with Crippen molar-refractivity contribution in [3.63, 3.8) is 0 Å². The summed E-state index contributed by atoms with van der Waals surface area (Å²) >= 11 is 0. The van der Waals surface area contributed by atoms with E-state index in [9.17, 15) is 22.4 Å². The van der Waals surface area contributed by atoms with Crippen LogP contribution in [0.5, 0.6) is 0 Å². The molecule has 1 aliphatic rings. The Balaban J connectivity index is 1.99. The summed E-state index contributed by atoms with van der Waals surface area (Å²) in [4.78, 5) is 15.3. The van der Waals surface area contributed by atoms with E-state index >= 15 is 0 Å². The monoisotopic (exact) mass is 379 g/mol. The maximum absolute atomic E-state index is 13.7. The molecule has 0 radical (unpaired) electrons. The van der Waals surface area contributed by atoms with Crippen molar-refractivity contribution < 1.29 is 17.6 Å². The molecule has 0 aliphatic heterocycles. The predicted molar refractivity (Wildman–Crippen MR) is 93.1 cm³/mol. The van der Waals surface area contributed by atoms with Crippen LogP contribution in [-0.2, 0) is 6.54 Å². The maximum Gasteiger partial charge on any atom is 0.310 e. The highest BCUT2D eigenvalue weighted by Crippen LogP contribution is 2.24. The molecular formula is C19H17F4N3O. The summed E-state index contributed by atoms with van der Waals surface area (Å²) in [7, 11) is 0. The molecule has 8 heteroatoms. The number of halogens is 4. The van der Waals surface area contributed by atoms with Gasteiger partial charge in [-0.15, -0.1) is 0 Å². The van der Waals surface area contributed by atoms with Crippen LogP contribution in [0.25, 0.3) is 0 Å². The molecule has 4 nitrogen and oxygen atoms in total. The molecular weight excluding hydrogens is 362 g/mol. The molecule has 1 aromatic heterocycles. The van der Waals surface area contributed by atoms with Crippen molar-refractivity contribution in [2.24, 2.45) is 5.92 Å². The second kappa shape index (κ2) is 7.38. The van der Waals surface area contributed by atoms with Crippen molar-refractivity contribution in [2.75, 3.05) is 5.32 Å². The van der Waals surface area contributed by atoms with Crippen LogP contribution < -0.4 is 10.9 Å². The van der Waals surface area contributed by atoms with E-state index in [1.807, 2.05) is 26.0 Å². The van der Waals surface area contributed by atoms with Crippen LogP contribution in [0.1, 0.15) is 25.8 Å². The van der Waals surface area contributed by atoms with Gasteiger partial charge in [0.2, 0.25) is 11.8 Å². The molecule has 1 atom stereocenters. The molecule has 27 heavy (non-hydrogen) atoms. The Morgan fingerprint density at radius 2 is 1.85 bits per heavy atom. The highest BCUT2D eigenvalue weighted by Gasteiger charge is 2.16. The van der Waals surface area contributed by atoms with Crippen molar-refractivity contribution in [1.82, 2.24) is 9.55 Å². The Morgan fingerprint density at radius 1 is 1.19 bits per heavy atom. The zero-order valence-corrected chi connectivity index (χ0v) is 14.7. The number of hydrogen-bond donors (Lipinski definition) is 1. The van der Waals surface area contributed by atoms with Crippen LogP contribution in [0.15, 0.2) is 46.5 Å². The molecule has 2 aromatic rings. The molecule has 0 saturated heterocycles. The van der Waals surface area contributed by atoms with Crippen LogP contribution in [-0.4, -0.2) is 9.55 Å². The third-order valence-corrected chi connectivity index (χ3v) is 4.27. The van der Waals surface area contributed by atoms with Gasteiger partial charge in [-0.05, 0) is 42.5 Å². The number of benzene rings is 1. The second-order valence-corrected chi connectivity index (χ2v) is 6.52. The SMILES string of the molecule is CC1=CCC(C)C=C1Nc1nc(=O)c(F)cn1Cc1cc(F)c(F)c(F)c1. The van der Waals surface area contributed by atoms with Crippen molar-refractivity contribution >= 4 is 5.95 Å². The first kappa shape index (κ1) is 18.9. The number of aromatic nitrogens is 2. The molecule has 0 amide bonds. The van der Waals surface area contributed by atoms with E-state index < -0.39 is 28.8 Å². The Bertz CT molecular complexity index is 987. The second-order valence-electron chi connectivity index (χ2n) is 6.52. The summed E-state index contributed by atoms with van der Waals surface area (Å²) in [6, 6.07) is 1.62. The molecule has 1 aliphatic carbocycles. The quantitative estimate of drug-likeness (QED) is 0.642. The normalized spacial score (nSPS) is 16.7. The maximum atomic E-state index is 13.7. The molecule has 0 bridgehead atoms. The minimum absolute atomic E-state index is 0.0136. The number of rotatable bonds is 4. The van der Waals surface area contributed by atoms with Crippen LogP contribution >= 0.6 is 0 Å². The third-order valence-electron chi connectivity index (χ3n) is 4.27. The first-order valence-electron chi connectivity index (χ1n) is 8.31. The molecule has 1 aromatic carbocycles. The van der Waals surface area contributed by atoms with Crippen LogP contribution in [0.3, 0.4) is 0 Å². The topological polar surface area (TPSA) is 46.9 Å². The molecule has 1 heterocycles. The summed E-state index contributed by atoms with van der Waals surface area (Å²) in [6.45, 7) is 3.67. The Kier molecular flexibility index (Phi) is 5.16. The molecule has 0 fully saturated rings. The molecule has 3 rings (SSSR count). The lowest BCUT2D eigenvalue weighted by atomic mass is 9.96. The lowest BCUT2D eigenvalue weighted by Gasteiger charge is -2.20. The van der Waals surface area contributed by atoms with Crippen LogP contribution in [0, 0.1) is 29.2 Å². The smallest absolute Gasteiger partial charge is 0.310 e. The van der Waals surface area contributed by atoms with Gasteiger partial charge in [0.05, 0.1) is 6.54 Å². The van der Waals surface area contributed by atoms with E-state index in [1.165, 1.54) is 4.57 Å². The summed E-state index contributed by atoms with van der Waals surface area (Å²) in [5.41, 5.74) is 0.628. The van der Waals surface area contributed by atoms with Gasteiger partial charge < -0.3 is 9.88 Å². The van der Waals surface area contributed by atoms with E-state index in [2.05, 4.69) is 10.3 Å². The fourth-order valence-electron chi connectivity index (χ4n) is 2.80. The van der Waals surface area contributed by atoms with E-state index in [0.29, 0.717) is 5.70 Å². The standard InChI is InChI=1S/C19H17F4N3O/c1-10-3-4-11(2)16(5-10)24-19-25-18(27)15(22)9-26(19)8-12-6-13(20)17(23)14(21)7-12/h4-7,9-10H,3,8H2,1-2H3,(H,24,25,27). The number of allylic oxidation sites excluding steroid dienone is 3. The lowest BCUT2D eigenvalue weighted by molar-refractivity contribution is 0.444. The first-order valence-corrected chi connectivity index (χ1v) is 8.31. The zero-order chi connectivity index (χ0) is 19.7. The van der Waals surface area contributed by atoms with Gasteiger partial charge >= 0.3 is 5.56 Å². The summed E-state index contributed by atoms with van der Waals surface area (Å²) in [6.07, 6.45) is 5.73. The minimum Gasteiger partial charge on any atom is -0.326 e. The predicted octanol–water partition coefficient (Wildman–Crippen LogP) is 4.13. The van der Waals surface area contributed by atoms with Gasteiger partial charge in [-0.25, -0.2) is 13.2 Å². The molecule has 1 N–H and O–H groups in total. The van der Waals surface area contributed by atoms with Gasteiger partial charge in [-0.3, -0.25) is 4.79 Å². The van der Waals surface area contributed by atoms with Crippen molar-refractivity contribution in [3.8, 4) is 0 Å².